The van der Waals surface area contributed by atoms with Crippen LogP contribution in [-0.4, -0.2) is 24.6 Å². The van der Waals surface area contributed by atoms with Gasteiger partial charge in [-0.05, 0) is 38.0 Å². The first-order chi connectivity index (χ1) is 10.0. The van der Waals surface area contributed by atoms with E-state index >= 15 is 0 Å². The second kappa shape index (κ2) is 11.3. The van der Waals surface area contributed by atoms with Crippen molar-refractivity contribution in [1.82, 2.24) is 5.32 Å². The standard InChI is InChI=1S/C17H28N2O2.ClH/c1-4-5-8-15(12-18)19-17(20)11-14-7-6-9-16(10-14)21-13(2)3;/h6-7,9-10,13,15H,4-5,8,11-12,18H2,1-3H3,(H,19,20);1H. The molecule has 0 aliphatic carbocycles. The van der Waals surface area contributed by atoms with Crippen molar-refractivity contribution in [3.63, 3.8) is 0 Å². The number of halogens is 1. The van der Waals surface area contributed by atoms with E-state index in [2.05, 4.69) is 12.2 Å². The van der Waals surface area contributed by atoms with E-state index < -0.39 is 0 Å². The summed E-state index contributed by atoms with van der Waals surface area (Å²) >= 11 is 0. The summed E-state index contributed by atoms with van der Waals surface area (Å²) in [5.41, 5.74) is 6.65. The monoisotopic (exact) mass is 328 g/mol. The molecule has 0 fully saturated rings. The minimum atomic E-state index is 0. The van der Waals surface area contributed by atoms with Crippen molar-refractivity contribution in [2.24, 2.45) is 5.73 Å². The van der Waals surface area contributed by atoms with Gasteiger partial charge in [0.15, 0.2) is 0 Å². The number of nitrogens with two attached hydrogens (primary N) is 1. The Bertz CT molecular complexity index is 438. The molecule has 0 aliphatic heterocycles. The molecule has 1 amide bonds. The maximum absolute atomic E-state index is 12.1. The highest BCUT2D eigenvalue weighted by molar-refractivity contribution is 5.85. The molecule has 0 saturated carbocycles. The van der Waals surface area contributed by atoms with E-state index in [0.29, 0.717) is 13.0 Å². The van der Waals surface area contributed by atoms with Gasteiger partial charge < -0.3 is 15.8 Å². The molecule has 1 rings (SSSR count). The normalized spacial score (nSPS) is 11.7. The predicted molar refractivity (Wildman–Crippen MR) is 93.7 cm³/mol. The van der Waals surface area contributed by atoms with E-state index in [-0.39, 0.29) is 30.5 Å². The van der Waals surface area contributed by atoms with Crippen molar-refractivity contribution in [2.75, 3.05) is 6.54 Å². The second-order valence-electron chi connectivity index (χ2n) is 5.63. The lowest BCUT2D eigenvalue weighted by Crippen LogP contribution is -2.40. The molecule has 0 heterocycles. The summed E-state index contributed by atoms with van der Waals surface area (Å²) in [6.07, 6.45) is 3.62. The van der Waals surface area contributed by atoms with Gasteiger partial charge in [0, 0.05) is 12.6 Å². The van der Waals surface area contributed by atoms with E-state index in [4.69, 9.17) is 10.5 Å². The van der Waals surface area contributed by atoms with Crippen molar-refractivity contribution < 1.29 is 9.53 Å². The number of rotatable bonds is 9. The van der Waals surface area contributed by atoms with Crippen molar-refractivity contribution in [2.45, 2.75) is 58.6 Å². The number of carbonyl (C=O) groups excluding carboxylic acids is 1. The molecule has 1 aromatic rings. The van der Waals surface area contributed by atoms with Crippen molar-refractivity contribution in [1.29, 1.82) is 0 Å². The first-order valence-electron chi connectivity index (χ1n) is 7.80. The number of hydrogen-bond donors (Lipinski definition) is 2. The number of amides is 1. The minimum Gasteiger partial charge on any atom is -0.491 e. The van der Waals surface area contributed by atoms with Crippen LogP contribution in [0.3, 0.4) is 0 Å². The van der Waals surface area contributed by atoms with Gasteiger partial charge in [0.25, 0.3) is 0 Å². The molecule has 1 atom stereocenters. The third-order valence-electron chi connectivity index (χ3n) is 3.19. The Morgan fingerprint density at radius 3 is 2.68 bits per heavy atom. The van der Waals surface area contributed by atoms with Crippen LogP contribution in [0.25, 0.3) is 0 Å². The van der Waals surface area contributed by atoms with Crippen molar-refractivity contribution >= 4 is 18.3 Å². The van der Waals surface area contributed by atoms with Crippen LogP contribution in [0, 0.1) is 0 Å². The molecule has 0 aliphatic rings. The molecular weight excluding hydrogens is 300 g/mol. The molecule has 0 saturated heterocycles. The lowest BCUT2D eigenvalue weighted by molar-refractivity contribution is -0.121. The van der Waals surface area contributed by atoms with Gasteiger partial charge in [-0.1, -0.05) is 31.9 Å². The van der Waals surface area contributed by atoms with Crippen molar-refractivity contribution in [3.8, 4) is 5.75 Å². The molecule has 22 heavy (non-hydrogen) atoms. The van der Waals surface area contributed by atoms with Gasteiger partial charge in [0.05, 0.1) is 12.5 Å². The average Bonchev–Trinajstić information content (AvgIpc) is 2.43. The smallest absolute Gasteiger partial charge is 0.224 e. The summed E-state index contributed by atoms with van der Waals surface area (Å²) in [5, 5.41) is 3.01. The molecule has 0 aromatic heterocycles. The van der Waals surface area contributed by atoms with Crippen LogP contribution >= 0.6 is 12.4 Å². The predicted octanol–water partition coefficient (Wildman–Crippen LogP) is 3.07. The van der Waals surface area contributed by atoms with Gasteiger partial charge in [-0.25, -0.2) is 0 Å². The Labute approximate surface area is 140 Å². The third kappa shape index (κ3) is 8.25. The van der Waals surface area contributed by atoms with Gasteiger partial charge >= 0.3 is 0 Å². The van der Waals surface area contributed by atoms with Crippen LogP contribution in [0.4, 0.5) is 0 Å². The molecule has 3 N–H and O–H groups in total. The summed E-state index contributed by atoms with van der Waals surface area (Å²) < 4.78 is 5.64. The number of carbonyl (C=O) groups is 1. The van der Waals surface area contributed by atoms with Crippen LogP contribution < -0.4 is 15.8 Å². The Morgan fingerprint density at radius 2 is 2.09 bits per heavy atom. The fourth-order valence-corrected chi connectivity index (χ4v) is 2.16. The fourth-order valence-electron chi connectivity index (χ4n) is 2.16. The van der Waals surface area contributed by atoms with E-state index in [0.717, 1.165) is 30.6 Å². The maximum atomic E-state index is 12.1. The van der Waals surface area contributed by atoms with E-state index in [1.54, 1.807) is 0 Å². The zero-order chi connectivity index (χ0) is 15.7. The summed E-state index contributed by atoms with van der Waals surface area (Å²) in [6.45, 7) is 6.59. The van der Waals surface area contributed by atoms with E-state index in [1.807, 2.05) is 38.1 Å². The lowest BCUT2D eigenvalue weighted by atomic mass is 10.1. The molecule has 1 aromatic carbocycles. The molecular formula is C17H29ClN2O2. The summed E-state index contributed by atoms with van der Waals surface area (Å²) in [6, 6.07) is 7.76. The van der Waals surface area contributed by atoms with Gasteiger partial charge in [-0.2, -0.15) is 0 Å². The SMILES string of the molecule is CCCCC(CN)NC(=O)Cc1cccc(OC(C)C)c1.Cl. The Morgan fingerprint density at radius 1 is 1.36 bits per heavy atom. The minimum absolute atomic E-state index is 0. The lowest BCUT2D eigenvalue weighted by Gasteiger charge is -2.16. The Hall–Kier alpha value is -1.26. The number of hydrogen-bond acceptors (Lipinski definition) is 3. The zero-order valence-electron chi connectivity index (χ0n) is 13.8. The quantitative estimate of drug-likeness (QED) is 0.732. The number of nitrogens with one attached hydrogen (secondary N) is 1. The molecule has 0 bridgehead atoms. The third-order valence-corrected chi connectivity index (χ3v) is 3.19. The molecule has 1 unspecified atom stereocenters. The van der Waals surface area contributed by atoms with E-state index in [1.165, 1.54) is 0 Å². The zero-order valence-corrected chi connectivity index (χ0v) is 14.6. The molecule has 4 nitrogen and oxygen atoms in total. The van der Waals surface area contributed by atoms with Crippen LogP contribution in [0.2, 0.25) is 0 Å². The largest absolute Gasteiger partial charge is 0.491 e. The van der Waals surface area contributed by atoms with Crippen LogP contribution in [0.1, 0.15) is 45.6 Å². The van der Waals surface area contributed by atoms with Gasteiger partial charge in [0.2, 0.25) is 5.91 Å². The topological polar surface area (TPSA) is 64.3 Å². The first kappa shape index (κ1) is 20.7. The van der Waals surface area contributed by atoms with Crippen LogP contribution in [0.15, 0.2) is 24.3 Å². The maximum Gasteiger partial charge on any atom is 0.224 e. The van der Waals surface area contributed by atoms with Gasteiger partial charge in [0.1, 0.15) is 5.75 Å². The highest BCUT2D eigenvalue weighted by atomic mass is 35.5. The van der Waals surface area contributed by atoms with Crippen LogP contribution in [0.5, 0.6) is 5.75 Å². The molecule has 0 spiro atoms. The number of unbranched alkanes of at least 4 members (excludes halogenated alkanes) is 1. The van der Waals surface area contributed by atoms with E-state index in [9.17, 15) is 4.79 Å². The number of ether oxygens (including phenoxy) is 1. The van der Waals surface area contributed by atoms with Crippen LogP contribution in [-0.2, 0) is 11.2 Å². The first-order valence-corrected chi connectivity index (χ1v) is 7.80. The molecule has 5 heteroatoms. The summed E-state index contributed by atoms with van der Waals surface area (Å²) in [5.74, 6) is 0.819. The second-order valence-corrected chi connectivity index (χ2v) is 5.63. The Kier molecular flexibility index (Phi) is 10.7. The summed E-state index contributed by atoms with van der Waals surface area (Å²) in [4.78, 5) is 12.1. The number of benzene rings is 1. The highest BCUT2D eigenvalue weighted by Crippen LogP contribution is 2.15. The average molecular weight is 329 g/mol. The van der Waals surface area contributed by atoms with Gasteiger partial charge in [-0.15, -0.1) is 12.4 Å². The van der Waals surface area contributed by atoms with Gasteiger partial charge in [-0.3, -0.25) is 4.79 Å². The molecule has 126 valence electrons. The highest BCUT2D eigenvalue weighted by Gasteiger charge is 2.11. The Balaban J connectivity index is 0.00000441. The fraction of sp³-hybridized carbons (Fsp3) is 0.588. The van der Waals surface area contributed by atoms with Crippen molar-refractivity contribution in [3.05, 3.63) is 29.8 Å². The molecule has 0 radical (unpaired) electrons. The summed E-state index contributed by atoms with van der Waals surface area (Å²) in [7, 11) is 0.